The van der Waals surface area contributed by atoms with Crippen LogP contribution in [0.5, 0.6) is 11.5 Å². The maximum atomic E-state index is 5.28. The fraction of sp³-hybridized carbons (Fsp3) is 0.227. The van der Waals surface area contributed by atoms with Crippen molar-refractivity contribution in [2.24, 2.45) is 0 Å². The molecular formula is C22H24N2O2. The molecule has 0 amide bonds. The van der Waals surface area contributed by atoms with Crippen molar-refractivity contribution in [1.29, 1.82) is 0 Å². The maximum Gasteiger partial charge on any atom is 0.118 e. The predicted molar refractivity (Wildman–Crippen MR) is 104 cm³/mol. The minimum atomic E-state index is 0.197. The molecule has 3 rings (SSSR count). The lowest BCUT2D eigenvalue weighted by atomic mass is 9.98. The van der Waals surface area contributed by atoms with E-state index < -0.39 is 0 Å². The highest BCUT2D eigenvalue weighted by Gasteiger charge is 2.12. The van der Waals surface area contributed by atoms with E-state index >= 15 is 0 Å². The van der Waals surface area contributed by atoms with Gasteiger partial charge in [0.25, 0.3) is 0 Å². The molecule has 1 unspecified atom stereocenters. The lowest BCUT2D eigenvalue weighted by Crippen LogP contribution is -2.23. The molecule has 1 heterocycles. The van der Waals surface area contributed by atoms with Gasteiger partial charge in [-0.1, -0.05) is 24.3 Å². The Labute approximate surface area is 154 Å². The fourth-order valence-corrected chi connectivity index (χ4v) is 2.88. The third-order valence-electron chi connectivity index (χ3n) is 4.42. The van der Waals surface area contributed by atoms with E-state index in [1.807, 2.05) is 48.8 Å². The standard InChI is InChI=1S/C22H24N2O2/c1-25-20-7-3-17(4-8-20)15-22(19-5-9-21(26-2)10-6-19)24-16-18-11-13-23-14-12-18/h3-14,22,24H,15-16H2,1-2H3. The number of nitrogens with zero attached hydrogens (tertiary/aromatic N) is 1. The molecule has 0 saturated carbocycles. The number of methoxy groups -OCH3 is 2. The van der Waals surface area contributed by atoms with Crippen LogP contribution >= 0.6 is 0 Å². The number of aromatic nitrogens is 1. The monoisotopic (exact) mass is 348 g/mol. The minimum absolute atomic E-state index is 0.197. The van der Waals surface area contributed by atoms with Gasteiger partial charge in [0.2, 0.25) is 0 Å². The van der Waals surface area contributed by atoms with Gasteiger partial charge >= 0.3 is 0 Å². The van der Waals surface area contributed by atoms with E-state index in [1.54, 1.807) is 14.2 Å². The maximum absolute atomic E-state index is 5.28. The SMILES string of the molecule is COc1ccc(CC(NCc2ccncc2)c2ccc(OC)cc2)cc1. The van der Waals surface area contributed by atoms with Crippen molar-refractivity contribution in [2.75, 3.05) is 14.2 Å². The van der Waals surface area contributed by atoms with E-state index in [1.165, 1.54) is 16.7 Å². The highest BCUT2D eigenvalue weighted by atomic mass is 16.5. The van der Waals surface area contributed by atoms with Crippen molar-refractivity contribution in [3.63, 3.8) is 0 Å². The molecule has 1 aromatic heterocycles. The van der Waals surface area contributed by atoms with Gasteiger partial charge in [-0.2, -0.15) is 0 Å². The molecule has 0 aliphatic heterocycles. The van der Waals surface area contributed by atoms with Crippen molar-refractivity contribution < 1.29 is 9.47 Å². The second kappa shape index (κ2) is 9.02. The lowest BCUT2D eigenvalue weighted by molar-refractivity contribution is 0.414. The van der Waals surface area contributed by atoms with Crippen LogP contribution in [-0.4, -0.2) is 19.2 Å². The predicted octanol–water partition coefficient (Wildman–Crippen LogP) is 4.17. The van der Waals surface area contributed by atoms with Crippen LogP contribution in [0.4, 0.5) is 0 Å². The van der Waals surface area contributed by atoms with Crippen molar-refractivity contribution in [3.05, 3.63) is 89.7 Å². The first-order valence-corrected chi connectivity index (χ1v) is 8.67. The zero-order chi connectivity index (χ0) is 18.2. The van der Waals surface area contributed by atoms with E-state index in [0.29, 0.717) is 0 Å². The van der Waals surface area contributed by atoms with Gasteiger partial charge in [-0.25, -0.2) is 0 Å². The van der Waals surface area contributed by atoms with Gasteiger partial charge in [0.15, 0.2) is 0 Å². The van der Waals surface area contributed by atoms with Crippen molar-refractivity contribution in [3.8, 4) is 11.5 Å². The summed E-state index contributed by atoms with van der Waals surface area (Å²) in [6.07, 6.45) is 4.53. The minimum Gasteiger partial charge on any atom is -0.497 e. The first kappa shape index (κ1) is 18.0. The summed E-state index contributed by atoms with van der Waals surface area (Å²) in [6, 6.07) is 20.7. The third-order valence-corrected chi connectivity index (χ3v) is 4.42. The normalized spacial score (nSPS) is 11.8. The van der Waals surface area contributed by atoms with Crippen LogP contribution in [0.15, 0.2) is 73.1 Å². The summed E-state index contributed by atoms with van der Waals surface area (Å²) in [5.41, 5.74) is 3.71. The van der Waals surface area contributed by atoms with E-state index in [9.17, 15) is 0 Å². The zero-order valence-electron chi connectivity index (χ0n) is 15.2. The molecule has 134 valence electrons. The smallest absolute Gasteiger partial charge is 0.118 e. The van der Waals surface area contributed by atoms with Crippen LogP contribution in [0.25, 0.3) is 0 Å². The molecule has 0 fully saturated rings. The highest BCUT2D eigenvalue weighted by molar-refractivity contribution is 5.32. The van der Waals surface area contributed by atoms with E-state index in [2.05, 4.69) is 34.6 Å². The molecule has 1 atom stereocenters. The molecule has 3 aromatic rings. The van der Waals surface area contributed by atoms with Crippen molar-refractivity contribution in [2.45, 2.75) is 19.0 Å². The van der Waals surface area contributed by atoms with Crippen LogP contribution in [-0.2, 0) is 13.0 Å². The molecule has 4 nitrogen and oxygen atoms in total. The Kier molecular flexibility index (Phi) is 6.23. The lowest BCUT2D eigenvalue weighted by Gasteiger charge is -2.20. The van der Waals surface area contributed by atoms with E-state index in [0.717, 1.165) is 24.5 Å². The molecule has 0 spiro atoms. The number of ether oxygens (including phenoxy) is 2. The average Bonchev–Trinajstić information content (AvgIpc) is 2.72. The Morgan fingerprint density at radius 2 is 1.35 bits per heavy atom. The summed E-state index contributed by atoms with van der Waals surface area (Å²) in [5.74, 6) is 1.74. The van der Waals surface area contributed by atoms with Gasteiger partial charge in [0.05, 0.1) is 14.2 Å². The van der Waals surface area contributed by atoms with Gasteiger partial charge in [-0.15, -0.1) is 0 Å². The summed E-state index contributed by atoms with van der Waals surface area (Å²) in [7, 11) is 3.37. The fourth-order valence-electron chi connectivity index (χ4n) is 2.88. The van der Waals surface area contributed by atoms with Crippen LogP contribution in [0.2, 0.25) is 0 Å². The number of hydrogen-bond acceptors (Lipinski definition) is 4. The van der Waals surface area contributed by atoms with Crippen LogP contribution < -0.4 is 14.8 Å². The molecule has 4 heteroatoms. The third kappa shape index (κ3) is 4.83. The summed E-state index contributed by atoms with van der Waals surface area (Å²) in [5, 5.41) is 3.67. The topological polar surface area (TPSA) is 43.4 Å². The molecule has 0 radical (unpaired) electrons. The van der Waals surface area contributed by atoms with E-state index in [4.69, 9.17) is 9.47 Å². The number of hydrogen-bond donors (Lipinski definition) is 1. The summed E-state index contributed by atoms with van der Waals surface area (Å²) >= 11 is 0. The molecular weight excluding hydrogens is 324 g/mol. The van der Waals surface area contributed by atoms with E-state index in [-0.39, 0.29) is 6.04 Å². The number of nitrogens with one attached hydrogen (secondary N) is 1. The summed E-state index contributed by atoms with van der Waals surface area (Å²) in [6.45, 7) is 0.787. The van der Waals surface area contributed by atoms with Gasteiger partial charge < -0.3 is 14.8 Å². The zero-order valence-corrected chi connectivity index (χ0v) is 15.2. The summed E-state index contributed by atoms with van der Waals surface area (Å²) < 4.78 is 10.5. The van der Waals surface area contributed by atoms with Crippen molar-refractivity contribution in [1.82, 2.24) is 10.3 Å². The molecule has 0 aliphatic rings. The first-order chi connectivity index (χ1) is 12.8. The quantitative estimate of drug-likeness (QED) is 0.663. The molecule has 0 aliphatic carbocycles. The molecule has 1 N–H and O–H groups in total. The van der Waals surface area contributed by atoms with Gasteiger partial charge in [-0.3, -0.25) is 4.98 Å². The second-order valence-corrected chi connectivity index (χ2v) is 6.11. The first-order valence-electron chi connectivity index (χ1n) is 8.67. The molecule has 0 saturated heterocycles. The number of benzene rings is 2. The van der Waals surface area contributed by atoms with Crippen LogP contribution in [0.1, 0.15) is 22.7 Å². The Hall–Kier alpha value is -2.85. The molecule has 26 heavy (non-hydrogen) atoms. The van der Waals surface area contributed by atoms with Crippen LogP contribution in [0, 0.1) is 0 Å². The van der Waals surface area contributed by atoms with Crippen molar-refractivity contribution >= 4 is 0 Å². The Balaban J connectivity index is 1.77. The van der Waals surface area contributed by atoms with Gasteiger partial charge in [-0.05, 0) is 59.5 Å². The van der Waals surface area contributed by atoms with Gasteiger partial charge in [0.1, 0.15) is 11.5 Å². The Bertz CT molecular complexity index is 787. The molecule has 2 aromatic carbocycles. The Morgan fingerprint density at radius 1 is 0.769 bits per heavy atom. The van der Waals surface area contributed by atoms with Gasteiger partial charge in [0, 0.05) is 25.0 Å². The number of pyridine rings is 1. The average molecular weight is 348 g/mol. The van der Waals surface area contributed by atoms with Crippen LogP contribution in [0.3, 0.4) is 0 Å². The second-order valence-electron chi connectivity index (χ2n) is 6.11. The molecule has 0 bridgehead atoms. The Morgan fingerprint density at radius 3 is 1.92 bits per heavy atom. The largest absolute Gasteiger partial charge is 0.497 e. The highest BCUT2D eigenvalue weighted by Crippen LogP contribution is 2.23. The number of rotatable bonds is 8. The summed E-state index contributed by atoms with van der Waals surface area (Å²) in [4.78, 5) is 4.08.